The Morgan fingerprint density at radius 1 is 1.09 bits per heavy atom. The Morgan fingerprint density at radius 3 is 2.47 bits per heavy atom. The van der Waals surface area contributed by atoms with Crippen LogP contribution in [0.4, 0.5) is 0 Å². The molecule has 1 aliphatic rings. The average molecular weight is 519 g/mol. The molecule has 2 aromatic carbocycles. The lowest BCUT2D eigenvalue weighted by Gasteiger charge is -2.25. The number of nitrogens with zero attached hydrogens (tertiary/aromatic N) is 2. The van der Waals surface area contributed by atoms with E-state index in [1.807, 2.05) is 0 Å². The summed E-state index contributed by atoms with van der Waals surface area (Å²) in [6, 6.07) is 9.51. The largest absolute Gasteiger partial charge is 0.493 e. The number of hydrogen-bond donors (Lipinski definition) is 0. The van der Waals surface area contributed by atoms with E-state index in [4.69, 9.17) is 37.4 Å². The molecule has 4 rings (SSSR count). The molecule has 10 heteroatoms. The number of hydrogen-bond acceptors (Lipinski definition) is 7. The molecule has 2 heterocycles. The summed E-state index contributed by atoms with van der Waals surface area (Å²) in [5.74, 6) is 0.418. The molecule has 3 aromatic rings. The van der Waals surface area contributed by atoms with Crippen LogP contribution in [0.2, 0.25) is 10.0 Å². The molecular weight excluding hydrogens is 499 g/mol. The predicted octanol–water partition coefficient (Wildman–Crippen LogP) is 3.73. The summed E-state index contributed by atoms with van der Waals surface area (Å²) >= 11 is 13.5. The molecule has 1 aliphatic heterocycles. The molecule has 0 saturated carbocycles. The van der Waals surface area contributed by atoms with Crippen LogP contribution >= 0.6 is 34.5 Å². The highest BCUT2D eigenvalue weighted by molar-refractivity contribution is 7.07. The molecule has 0 fully saturated rings. The Kier molecular flexibility index (Phi) is 6.84. The summed E-state index contributed by atoms with van der Waals surface area (Å²) in [5.41, 5.74) is 1.69. The average Bonchev–Trinajstić information content (AvgIpc) is 3.13. The molecule has 0 spiro atoms. The molecule has 0 bridgehead atoms. The number of halogens is 2. The van der Waals surface area contributed by atoms with Gasteiger partial charge >= 0.3 is 5.97 Å². The van der Waals surface area contributed by atoms with Gasteiger partial charge in [0.15, 0.2) is 16.3 Å². The van der Waals surface area contributed by atoms with E-state index in [9.17, 15) is 9.59 Å². The smallest absolute Gasteiger partial charge is 0.338 e. The summed E-state index contributed by atoms with van der Waals surface area (Å²) < 4.78 is 17.7. The Hall–Kier alpha value is -3.07. The lowest BCUT2D eigenvalue weighted by atomic mass is 9.95. The molecule has 34 heavy (non-hydrogen) atoms. The van der Waals surface area contributed by atoms with Gasteiger partial charge in [0.25, 0.3) is 5.56 Å². The van der Waals surface area contributed by atoms with Crippen LogP contribution in [0.15, 0.2) is 57.5 Å². The number of carbonyl (C=O) groups is 1. The molecule has 0 radical (unpaired) electrons. The van der Waals surface area contributed by atoms with Crippen molar-refractivity contribution in [2.24, 2.45) is 4.99 Å². The fourth-order valence-corrected chi connectivity index (χ4v) is 5.29. The van der Waals surface area contributed by atoms with E-state index in [0.29, 0.717) is 47.7 Å². The maximum atomic E-state index is 13.6. The highest BCUT2D eigenvalue weighted by atomic mass is 35.5. The van der Waals surface area contributed by atoms with E-state index in [-0.39, 0.29) is 11.1 Å². The fraction of sp³-hybridized carbons (Fsp3) is 0.208. The van der Waals surface area contributed by atoms with E-state index in [1.165, 1.54) is 37.2 Å². The first-order valence-corrected chi connectivity index (χ1v) is 11.6. The number of aromatic nitrogens is 1. The molecule has 0 N–H and O–H groups in total. The number of thiazole rings is 1. The minimum atomic E-state index is -0.772. The Labute approximate surface area is 209 Å². The van der Waals surface area contributed by atoms with Gasteiger partial charge in [-0.05, 0) is 48.4 Å². The molecule has 0 aliphatic carbocycles. The molecular formula is C24H20Cl2N2O5S. The highest BCUT2D eigenvalue weighted by Crippen LogP contribution is 2.36. The van der Waals surface area contributed by atoms with Gasteiger partial charge in [0.05, 0.1) is 43.2 Å². The second-order valence-electron chi connectivity index (χ2n) is 7.35. The van der Waals surface area contributed by atoms with Gasteiger partial charge in [0.1, 0.15) is 0 Å². The summed E-state index contributed by atoms with van der Waals surface area (Å²) in [4.78, 5) is 31.4. The van der Waals surface area contributed by atoms with Crippen LogP contribution in [0.5, 0.6) is 11.5 Å². The van der Waals surface area contributed by atoms with E-state index < -0.39 is 12.0 Å². The normalized spacial score (nSPS) is 15.6. The molecule has 1 unspecified atom stereocenters. The Bertz CT molecular complexity index is 1510. The minimum absolute atomic E-state index is 0.262. The van der Waals surface area contributed by atoms with Gasteiger partial charge in [-0.1, -0.05) is 46.7 Å². The first-order chi connectivity index (χ1) is 16.3. The van der Waals surface area contributed by atoms with Crippen LogP contribution < -0.4 is 24.4 Å². The lowest BCUT2D eigenvalue weighted by molar-refractivity contribution is -0.136. The molecule has 0 saturated heterocycles. The van der Waals surface area contributed by atoms with Crippen LogP contribution in [0, 0.1) is 0 Å². The van der Waals surface area contributed by atoms with Crippen molar-refractivity contribution < 1.29 is 19.0 Å². The monoisotopic (exact) mass is 518 g/mol. The van der Waals surface area contributed by atoms with Crippen LogP contribution in [0.3, 0.4) is 0 Å². The van der Waals surface area contributed by atoms with Gasteiger partial charge in [0.2, 0.25) is 0 Å². The Morgan fingerprint density at radius 2 is 1.82 bits per heavy atom. The number of fused-ring (bicyclic) bond motifs is 1. The van der Waals surface area contributed by atoms with E-state index >= 15 is 0 Å². The molecule has 7 nitrogen and oxygen atoms in total. The summed E-state index contributed by atoms with van der Waals surface area (Å²) in [5, 5.41) is 0.914. The van der Waals surface area contributed by atoms with Crippen molar-refractivity contribution >= 4 is 46.6 Å². The number of rotatable bonds is 5. The first kappa shape index (κ1) is 24.1. The van der Waals surface area contributed by atoms with Gasteiger partial charge in [-0.15, -0.1) is 0 Å². The van der Waals surface area contributed by atoms with E-state index in [0.717, 1.165) is 0 Å². The zero-order valence-electron chi connectivity index (χ0n) is 18.7. The van der Waals surface area contributed by atoms with Crippen LogP contribution in [-0.2, 0) is 9.53 Å². The van der Waals surface area contributed by atoms with Gasteiger partial charge in [-0.2, -0.15) is 0 Å². The summed E-state index contributed by atoms with van der Waals surface area (Å²) in [6.07, 6.45) is 1.69. The van der Waals surface area contributed by atoms with Crippen LogP contribution in [0.25, 0.3) is 6.08 Å². The highest BCUT2D eigenvalue weighted by Gasteiger charge is 2.33. The number of ether oxygens (including phenoxy) is 3. The number of carbonyl (C=O) groups excluding carboxylic acids is 1. The van der Waals surface area contributed by atoms with Crippen molar-refractivity contribution in [2.75, 3.05) is 21.3 Å². The van der Waals surface area contributed by atoms with Crippen molar-refractivity contribution in [3.8, 4) is 11.5 Å². The second kappa shape index (κ2) is 9.66. The summed E-state index contributed by atoms with van der Waals surface area (Å²) in [7, 11) is 4.35. The first-order valence-electron chi connectivity index (χ1n) is 10.1. The third-order valence-electron chi connectivity index (χ3n) is 5.40. The maximum absolute atomic E-state index is 13.6. The molecule has 1 aromatic heterocycles. The molecule has 0 amide bonds. The van der Waals surface area contributed by atoms with Crippen LogP contribution in [0.1, 0.15) is 24.1 Å². The molecule has 176 valence electrons. The third-order valence-corrected chi connectivity index (χ3v) is 6.94. The second-order valence-corrected chi connectivity index (χ2v) is 9.21. The van der Waals surface area contributed by atoms with E-state index in [2.05, 4.69) is 4.99 Å². The van der Waals surface area contributed by atoms with Crippen molar-refractivity contribution in [3.05, 3.63) is 88.5 Å². The van der Waals surface area contributed by atoms with Crippen LogP contribution in [-0.4, -0.2) is 31.9 Å². The van der Waals surface area contributed by atoms with Crippen molar-refractivity contribution in [3.63, 3.8) is 0 Å². The number of esters is 1. The van der Waals surface area contributed by atoms with Gasteiger partial charge in [0, 0.05) is 10.0 Å². The topological polar surface area (TPSA) is 79.1 Å². The quantitative estimate of drug-likeness (QED) is 0.480. The third kappa shape index (κ3) is 4.24. The van der Waals surface area contributed by atoms with E-state index in [1.54, 1.807) is 49.4 Å². The zero-order chi connectivity index (χ0) is 24.6. The standard InChI is InChI=1S/C24H20Cl2N2O5S/c1-12-20(23(30)33-4)21(14-6-8-17(31-2)18(9-14)32-3)28-22(29)19(34-24(28)27-12)10-13-5-7-15(25)11-16(13)26/h5-11,21H,1-4H3. The van der Waals surface area contributed by atoms with Crippen molar-refractivity contribution in [1.29, 1.82) is 0 Å². The predicted molar refractivity (Wildman–Crippen MR) is 132 cm³/mol. The summed E-state index contributed by atoms with van der Waals surface area (Å²) in [6.45, 7) is 1.72. The number of methoxy groups -OCH3 is 3. The zero-order valence-corrected chi connectivity index (χ0v) is 21.0. The van der Waals surface area contributed by atoms with Gasteiger partial charge in [-0.25, -0.2) is 9.79 Å². The fourth-order valence-electron chi connectivity index (χ4n) is 3.79. The maximum Gasteiger partial charge on any atom is 0.338 e. The minimum Gasteiger partial charge on any atom is -0.493 e. The SMILES string of the molecule is COC(=O)C1=C(C)N=c2sc(=Cc3ccc(Cl)cc3Cl)c(=O)n2C1c1ccc(OC)c(OC)c1. The number of allylic oxidation sites excluding steroid dienone is 1. The van der Waals surface area contributed by atoms with Gasteiger partial charge < -0.3 is 14.2 Å². The lowest BCUT2D eigenvalue weighted by Crippen LogP contribution is -2.39. The van der Waals surface area contributed by atoms with Crippen molar-refractivity contribution in [2.45, 2.75) is 13.0 Å². The van der Waals surface area contributed by atoms with Crippen molar-refractivity contribution in [1.82, 2.24) is 4.57 Å². The van der Waals surface area contributed by atoms with Gasteiger partial charge in [-0.3, -0.25) is 9.36 Å². The Balaban J connectivity index is 1.99. The molecule has 1 atom stereocenters. The number of benzene rings is 2.